The van der Waals surface area contributed by atoms with Gasteiger partial charge in [-0.2, -0.15) is 0 Å². The van der Waals surface area contributed by atoms with Crippen LogP contribution in [0.5, 0.6) is 5.75 Å². The maximum absolute atomic E-state index is 13.4. The molecule has 0 saturated heterocycles. The number of aromatic nitrogens is 3. The summed E-state index contributed by atoms with van der Waals surface area (Å²) in [6, 6.07) is 24.2. The number of ether oxygens (including phenoxy) is 2. The van der Waals surface area contributed by atoms with Gasteiger partial charge in [0.25, 0.3) is 5.09 Å². The Morgan fingerprint density at radius 1 is 0.894 bits per heavy atom. The molecule has 0 fully saturated rings. The maximum atomic E-state index is 13.4. The molecule has 0 bridgehead atoms. The summed E-state index contributed by atoms with van der Waals surface area (Å²) in [7, 11) is 0. The average molecular weight is 655 g/mol. The van der Waals surface area contributed by atoms with Gasteiger partial charge in [-0.05, 0) is 74.0 Å². The summed E-state index contributed by atoms with van der Waals surface area (Å²) in [5.74, 6) is 0.202. The van der Waals surface area contributed by atoms with Crippen LogP contribution in [-0.4, -0.2) is 35.9 Å². The van der Waals surface area contributed by atoms with Crippen LogP contribution in [0.3, 0.4) is 0 Å². The number of thioether (sulfide) groups is 1. The van der Waals surface area contributed by atoms with Crippen LogP contribution in [0.25, 0.3) is 10.9 Å². The predicted molar refractivity (Wildman–Crippen MR) is 181 cm³/mol. The lowest BCUT2D eigenvalue weighted by Crippen LogP contribution is -2.32. The van der Waals surface area contributed by atoms with Crippen molar-refractivity contribution in [3.63, 3.8) is 0 Å². The van der Waals surface area contributed by atoms with Gasteiger partial charge in [0.05, 0.1) is 29.0 Å². The Bertz CT molecular complexity index is 1850. The first-order valence-corrected chi connectivity index (χ1v) is 16.0. The molecule has 0 atom stereocenters. The van der Waals surface area contributed by atoms with Crippen LogP contribution >= 0.6 is 11.8 Å². The third-order valence-corrected chi connectivity index (χ3v) is 8.39. The molecule has 5 aromatic rings. The smallest absolute Gasteiger partial charge is 0.338 e. The fourth-order valence-electron chi connectivity index (χ4n) is 5.18. The molecule has 3 heterocycles. The van der Waals surface area contributed by atoms with Crippen LogP contribution in [0.2, 0.25) is 0 Å². The number of carbonyl (C=O) groups excluding carboxylic acids is 1. The lowest BCUT2D eigenvalue weighted by molar-refractivity contribution is -0.763. The minimum atomic E-state index is -0.924. The molecule has 244 valence electrons. The Hall–Kier alpha value is -4.90. The number of carbonyl (C=O) groups is 1. The van der Waals surface area contributed by atoms with Crippen molar-refractivity contribution in [2.45, 2.75) is 76.0 Å². The monoisotopic (exact) mass is 654 g/mol. The number of pyridine rings is 2. The Morgan fingerprint density at radius 3 is 2.28 bits per heavy atom. The van der Waals surface area contributed by atoms with E-state index in [0.717, 1.165) is 38.6 Å². The number of fused-ring (bicyclic) bond motifs is 1. The zero-order valence-corrected chi connectivity index (χ0v) is 28.0. The van der Waals surface area contributed by atoms with Crippen molar-refractivity contribution in [2.24, 2.45) is 0 Å². The highest BCUT2D eigenvalue weighted by Crippen LogP contribution is 2.43. The van der Waals surface area contributed by atoms with Crippen LogP contribution in [0.1, 0.15) is 67.6 Å². The van der Waals surface area contributed by atoms with Gasteiger partial charge in [0, 0.05) is 39.5 Å². The van der Waals surface area contributed by atoms with E-state index in [4.69, 9.17) is 9.47 Å². The molecule has 0 unspecified atom stereocenters. The Balaban J connectivity index is 1.52. The standard InChI is InChI=1S/C36H38N4O6S/c1-35(2,3)47-33-30-20-29(44-24-28-14-7-9-18-38-28)15-16-31(30)39(22-27-13-6-8-17-37-27)32(33)21-36(4,5)46-34(41)26-12-10-11-25(19-26)23-45-40(42)43/h6-20H,21-24H2,1-5H3. The molecule has 0 aliphatic carbocycles. The van der Waals surface area contributed by atoms with E-state index in [1.165, 1.54) is 0 Å². The maximum Gasteiger partial charge on any atom is 0.338 e. The van der Waals surface area contributed by atoms with Gasteiger partial charge in [0.1, 0.15) is 24.6 Å². The average Bonchev–Trinajstić information content (AvgIpc) is 3.29. The van der Waals surface area contributed by atoms with Crippen molar-refractivity contribution < 1.29 is 24.2 Å². The zero-order valence-electron chi connectivity index (χ0n) is 27.1. The second-order valence-electron chi connectivity index (χ2n) is 12.7. The van der Waals surface area contributed by atoms with E-state index in [2.05, 4.69) is 52.3 Å². The van der Waals surface area contributed by atoms with Gasteiger partial charge >= 0.3 is 5.97 Å². The molecule has 0 aliphatic heterocycles. The largest absolute Gasteiger partial charge is 0.487 e. The third-order valence-electron chi connectivity index (χ3n) is 7.12. The second kappa shape index (κ2) is 14.3. The highest BCUT2D eigenvalue weighted by atomic mass is 32.2. The van der Waals surface area contributed by atoms with Crippen molar-refractivity contribution in [3.8, 4) is 5.75 Å². The number of nitrogens with zero attached hydrogens (tertiary/aromatic N) is 4. The first-order valence-electron chi connectivity index (χ1n) is 15.2. The summed E-state index contributed by atoms with van der Waals surface area (Å²) in [6.45, 7) is 10.9. The Kier molecular flexibility index (Phi) is 10.1. The molecule has 3 aromatic heterocycles. The number of hydrogen-bond acceptors (Lipinski definition) is 9. The van der Waals surface area contributed by atoms with Gasteiger partial charge < -0.3 is 18.9 Å². The van der Waals surface area contributed by atoms with Crippen molar-refractivity contribution in [3.05, 3.63) is 130 Å². The number of benzene rings is 2. The molecule has 0 saturated carbocycles. The molecule has 10 nitrogen and oxygen atoms in total. The van der Waals surface area contributed by atoms with E-state index in [-0.39, 0.29) is 16.9 Å². The third kappa shape index (κ3) is 9.10. The molecule has 5 rings (SSSR count). The Labute approximate surface area is 278 Å². The van der Waals surface area contributed by atoms with Crippen molar-refractivity contribution in [1.82, 2.24) is 14.5 Å². The molecule has 0 aliphatic rings. The SMILES string of the molecule is CC(C)(Cc1c(SC(C)(C)C)c2cc(OCc3ccccn3)ccc2n1Cc1ccccn1)OC(=O)c1cccc(CO[N+](=O)[O-])c1. The Morgan fingerprint density at radius 2 is 1.62 bits per heavy atom. The van der Waals surface area contributed by atoms with Crippen molar-refractivity contribution in [1.29, 1.82) is 0 Å². The predicted octanol–water partition coefficient (Wildman–Crippen LogP) is 7.84. The highest BCUT2D eigenvalue weighted by molar-refractivity contribution is 8.00. The molecular weight excluding hydrogens is 616 g/mol. The highest BCUT2D eigenvalue weighted by Gasteiger charge is 2.31. The molecule has 2 aromatic carbocycles. The lowest BCUT2D eigenvalue weighted by Gasteiger charge is -2.28. The van der Waals surface area contributed by atoms with E-state index < -0.39 is 16.7 Å². The van der Waals surface area contributed by atoms with Gasteiger partial charge in [-0.25, -0.2) is 4.79 Å². The second-order valence-corrected chi connectivity index (χ2v) is 14.5. The van der Waals surface area contributed by atoms with Crippen LogP contribution < -0.4 is 4.74 Å². The summed E-state index contributed by atoms with van der Waals surface area (Å²) < 4.78 is 14.4. The first-order chi connectivity index (χ1) is 22.4. The fourth-order valence-corrected chi connectivity index (χ4v) is 6.37. The molecule has 0 radical (unpaired) electrons. The minimum Gasteiger partial charge on any atom is -0.487 e. The summed E-state index contributed by atoms with van der Waals surface area (Å²) in [6.07, 6.45) is 3.94. The van der Waals surface area contributed by atoms with Gasteiger partial charge in [-0.3, -0.25) is 9.97 Å². The van der Waals surface area contributed by atoms with Crippen LogP contribution in [0.15, 0.2) is 96.2 Å². The summed E-state index contributed by atoms with van der Waals surface area (Å²) in [5, 5.41) is 10.8. The molecule has 0 N–H and O–H groups in total. The quantitative estimate of drug-likeness (QED) is 0.0541. The fraction of sp³-hybridized carbons (Fsp3) is 0.306. The van der Waals surface area contributed by atoms with Gasteiger partial charge in [-0.1, -0.05) is 45.0 Å². The van der Waals surface area contributed by atoms with E-state index in [1.807, 2.05) is 56.3 Å². The number of esters is 1. The lowest BCUT2D eigenvalue weighted by atomic mass is 10.0. The van der Waals surface area contributed by atoms with Crippen molar-refractivity contribution in [2.75, 3.05) is 0 Å². The van der Waals surface area contributed by atoms with Crippen LogP contribution in [0.4, 0.5) is 0 Å². The minimum absolute atomic E-state index is 0.128. The van der Waals surface area contributed by atoms with E-state index in [0.29, 0.717) is 25.1 Å². The van der Waals surface area contributed by atoms with Crippen molar-refractivity contribution >= 4 is 28.6 Å². The number of hydrogen-bond donors (Lipinski definition) is 0. The summed E-state index contributed by atoms with van der Waals surface area (Å²) >= 11 is 1.76. The molecule has 47 heavy (non-hydrogen) atoms. The number of rotatable bonds is 13. The summed E-state index contributed by atoms with van der Waals surface area (Å²) in [4.78, 5) is 38.6. The van der Waals surface area contributed by atoms with Crippen LogP contribution in [0, 0.1) is 10.1 Å². The van der Waals surface area contributed by atoms with E-state index in [1.54, 1.807) is 48.4 Å². The van der Waals surface area contributed by atoms with Crippen LogP contribution in [-0.2, 0) is 35.8 Å². The van der Waals surface area contributed by atoms with Gasteiger partial charge in [-0.15, -0.1) is 21.9 Å². The molecule has 11 heteroatoms. The summed E-state index contributed by atoms with van der Waals surface area (Å²) in [5.41, 5.74) is 3.62. The zero-order chi connectivity index (χ0) is 33.6. The van der Waals surface area contributed by atoms with E-state index >= 15 is 0 Å². The van der Waals surface area contributed by atoms with Gasteiger partial charge in [0.2, 0.25) is 0 Å². The van der Waals surface area contributed by atoms with Gasteiger partial charge in [0.15, 0.2) is 0 Å². The first kappa shape index (κ1) is 33.5. The molecule has 0 amide bonds. The molecular formula is C36H38N4O6S. The normalized spacial score (nSPS) is 11.8. The van der Waals surface area contributed by atoms with E-state index in [9.17, 15) is 14.9 Å². The molecule has 0 spiro atoms. The topological polar surface area (TPSA) is 119 Å².